The van der Waals surface area contributed by atoms with Crippen molar-refractivity contribution in [3.05, 3.63) is 83.4 Å². The summed E-state index contributed by atoms with van der Waals surface area (Å²) in [5.41, 5.74) is 5.47. The van der Waals surface area contributed by atoms with Gasteiger partial charge in [-0.15, -0.1) is 0 Å². The quantitative estimate of drug-likeness (QED) is 0.560. The molecule has 0 heterocycles. The van der Waals surface area contributed by atoms with Crippen LogP contribution >= 0.6 is 0 Å². The fraction of sp³-hybridized carbons (Fsp3) is 0.158. The molecule has 0 atom stereocenters. The van der Waals surface area contributed by atoms with Crippen LogP contribution in [0, 0.1) is 0 Å². The Balaban J connectivity index is 0.00000132. The van der Waals surface area contributed by atoms with Crippen LogP contribution in [-0.4, -0.2) is 0 Å². The zero-order valence-electron chi connectivity index (χ0n) is 12.9. The van der Waals surface area contributed by atoms with Crippen LogP contribution in [0.4, 0.5) is 0 Å². The van der Waals surface area contributed by atoms with Gasteiger partial charge in [-0.2, -0.15) is 0 Å². The van der Waals surface area contributed by atoms with Gasteiger partial charge in [0.1, 0.15) is 0 Å². The maximum atomic E-state index is 6.02. The molecule has 118 valence electrons. The molecule has 0 unspecified atom stereocenters. The standard InChI is InChI=1S/C12H11.C7H7O.2ClH.Ti/c1-10-6-5-9-12(10)11-7-3-2-4-8-11;8-6-7-4-2-1-3-5-7;;;/h2-7H,9H2,1H3;1-5H,6H2;2*1H;/q;-1;;;+3/p-2. The van der Waals surface area contributed by atoms with Crippen molar-refractivity contribution < 1.29 is 47.7 Å². The first-order chi connectivity index (χ1) is 10.3. The Labute approximate surface area is 160 Å². The van der Waals surface area contributed by atoms with Gasteiger partial charge in [-0.05, 0) is 0 Å². The summed E-state index contributed by atoms with van der Waals surface area (Å²) in [5.74, 6) is 0. The third-order valence-electron chi connectivity index (χ3n) is 3.68. The van der Waals surface area contributed by atoms with E-state index >= 15 is 0 Å². The van der Waals surface area contributed by atoms with Gasteiger partial charge in [0.25, 0.3) is 0 Å². The summed E-state index contributed by atoms with van der Waals surface area (Å²) in [6.45, 7) is 2.91. The summed E-state index contributed by atoms with van der Waals surface area (Å²) in [7, 11) is 0. The molecule has 0 N–H and O–H groups in total. The molecule has 0 amide bonds. The molecular formula is C19H18Cl2OTi. The van der Waals surface area contributed by atoms with Gasteiger partial charge in [0.2, 0.25) is 0 Å². The maximum absolute atomic E-state index is 6.02. The van der Waals surface area contributed by atoms with Crippen molar-refractivity contribution in [2.24, 2.45) is 0 Å². The van der Waals surface area contributed by atoms with E-state index in [4.69, 9.17) is 3.32 Å². The minimum Gasteiger partial charge on any atom is -1.00 e. The van der Waals surface area contributed by atoms with Crippen LogP contribution in [0.15, 0.2) is 72.3 Å². The molecule has 1 aliphatic carbocycles. The number of hydrogen-bond donors (Lipinski definition) is 0. The van der Waals surface area contributed by atoms with Crippen LogP contribution in [0.2, 0.25) is 0 Å². The summed E-state index contributed by atoms with van der Waals surface area (Å²) in [6.07, 6.45) is 5.51. The van der Waals surface area contributed by atoms with E-state index in [0.29, 0.717) is 6.61 Å². The first-order valence-electron chi connectivity index (χ1n) is 7.22. The average molecular weight is 381 g/mol. The van der Waals surface area contributed by atoms with Crippen LogP contribution < -0.4 is 28.7 Å². The fourth-order valence-corrected chi connectivity index (χ4v) is 3.95. The van der Waals surface area contributed by atoms with E-state index in [1.807, 2.05) is 6.07 Å². The van der Waals surface area contributed by atoms with Crippen molar-refractivity contribution in [1.82, 2.24) is 0 Å². The molecule has 0 saturated heterocycles. The molecule has 0 spiro atoms. The number of hydrogen-bond acceptors (Lipinski definition) is 1. The molecule has 2 aromatic carbocycles. The number of allylic oxidation sites excluding steroid dienone is 4. The van der Waals surface area contributed by atoms with E-state index in [1.54, 1.807) is 0 Å². The minimum absolute atomic E-state index is 0. The summed E-state index contributed by atoms with van der Waals surface area (Å²) < 4.78 is 7.42. The summed E-state index contributed by atoms with van der Waals surface area (Å²) in [6, 6.07) is 19.1. The van der Waals surface area contributed by atoms with Crippen molar-refractivity contribution in [2.75, 3.05) is 0 Å². The topological polar surface area (TPSA) is 9.23 Å². The molecule has 0 aromatic heterocycles. The second-order valence-electron chi connectivity index (χ2n) is 5.19. The number of halogens is 2. The molecule has 4 heteroatoms. The Morgan fingerprint density at radius 2 is 1.65 bits per heavy atom. The molecule has 23 heavy (non-hydrogen) atoms. The zero-order chi connectivity index (χ0) is 14.5. The third kappa shape index (κ3) is 5.34. The molecule has 0 fully saturated rings. The molecule has 3 rings (SSSR count). The summed E-state index contributed by atoms with van der Waals surface area (Å²) in [5, 5.41) is 0. The van der Waals surface area contributed by atoms with Gasteiger partial charge < -0.3 is 24.8 Å². The minimum atomic E-state index is -0.567. The fourth-order valence-electron chi connectivity index (χ4n) is 2.54. The van der Waals surface area contributed by atoms with E-state index in [-0.39, 0.29) is 24.8 Å². The Morgan fingerprint density at radius 3 is 2.35 bits per heavy atom. The molecule has 1 nitrogen and oxygen atoms in total. The maximum Gasteiger partial charge on any atom is -1.00 e. The zero-order valence-corrected chi connectivity index (χ0v) is 16.0. The first-order valence-corrected chi connectivity index (χ1v) is 8.64. The van der Waals surface area contributed by atoms with Gasteiger partial charge in [-0.3, -0.25) is 0 Å². The van der Waals surface area contributed by atoms with Crippen molar-refractivity contribution in [3.8, 4) is 0 Å². The van der Waals surface area contributed by atoms with Crippen LogP contribution in [0.25, 0.3) is 5.57 Å². The Bertz CT molecular complexity index is 681. The molecule has 0 aliphatic heterocycles. The first kappa shape index (κ1) is 20.2. The van der Waals surface area contributed by atoms with Crippen LogP contribution in [0.5, 0.6) is 0 Å². The van der Waals surface area contributed by atoms with Gasteiger partial charge in [-0.25, -0.2) is 0 Å². The number of rotatable bonds is 5. The molecule has 1 aliphatic rings. The second kappa shape index (κ2) is 10.1. The SMILES string of the molecule is CC1=C(c2cccc[c]2[Ti+2][O]Cc2ccccc2)CC=C1.[Cl-].[Cl-]. The van der Waals surface area contributed by atoms with Crippen molar-refractivity contribution in [3.63, 3.8) is 0 Å². The predicted molar refractivity (Wildman–Crippen MR) is 83.7 cm³/mol. The molecule has 0 saturated carbocycles. The van der Waals surface area contributed by atoms with E-state index in [9.17, 15) is 0 Å². The van der Waals surface area contributed by atoms with Gasteiger partial charge in [0.15, 0.2) is 0 Å². The normalized spacial score (nSPS) is 12.4. The van der Waals surface area contributed by atoms with Crippen molar-refractivity contribution in [2.45, 2.75) is 20.0 Å². The van der Waals surface area contributed by atoms with Gasteiger partial charge in [-0.1, -0.05) is 0 Å². The molecule has 0 radical (unpaired) electrons. The van der Waals surface area contributed by atoms with E-state index in [0.717, 1.165) is 6.42 Å². The number of benzene rings is 2. The third-order valence-corrected chi connectivity index (χ3v) is 5.16. The van der Waals surface area contributed by atoms with Crippen LogP contribution in [0.3, 0.4) is 0 Å². The van der Waals surface area contributed by atoms with E-state index in [1.165, 1.54) is 26.1 Å². The van der Waals surface area contributed by atoms with E-state index < -0.39 is 19.5 Å². The predicted octanol–water partition coefficient (Wildman–Crippen LogP) is -1.73. The van der Waals surface area contributed by atoms with E-state index in [2.05, 4.69) is 67.6 Å². The van der Waals surface area contributed by atoms with Crippen molar-refractivity contribution in [1.29, 1.82) is 0 Å². The average Bonchev–Trinajstić information content (AvgIpc) is 2.95. The smallest absolute Gasteiger partial charge is 1.00 e. The van der Waals surface area contributed by atoms with Gasteiger partial charge in [0.05, 0.1) is 0 Å². The Morgan fingerprint density at radius 1 is 0.957 bits per heavy atom. The van der Waals surface area contributed by atoms with Gasteiger partial charge >= 0.3 is 136 Å². The monoisotopic (exact) mass is 380 g/mol. The Hall–Kier alpha value is -0.826. The molecule has 0 bridgehead atoms. The van der Waals surface area contributed by atoms with Crippen LogP contribution in [0.1, 0.15) is 24.5 Å². The molecule has 2 aromatic rings. The van der Waals surface area contributed by atoms with Crippen LogP contribution in [-0.2, 0) is 29.5 Å². The Kier molecular flexibility index (Phi) is 8.90. The van der Waals surface area contributed by atoms with Gasteiger partial charge in [0, 0.05) is 0 Å². The molecular weight excluding hydrogens is 363 g/mol. The summed E-state index contributed by atoms with van der Waals surface area (Å²) >= 11 is -0.567. The van der Waals surface area contributed by atoms with Crippen molar-refractivity contribution >= 4 is 9.44 Å². The summed E-state index contributed by atoms with van der Waals surface area (Å²) in [4.78, 5) is 0. The second-order valence-corrected chi connectivity index (χ2v) is 6.80. The largest absolute Gasteiger partial charge is 1.00 e.